The Kier molecular flexibility index (Phi) is 4.86. The van der Waals surface area contributed by atoms with E-state index in [0.29, 0.717) is 0 Å². The van der Waals surface area contributed by atoms with Crippen LogP contribution in [0.25, 0.3) is 10.6 Å². The molecule has 0 aliphatic carbocycles. The Bertz CT molecular complexity index is 501. The normalized spacial score (nSPS) is 10.8. The molecule has 0 amide bonds. The smallest absolute Gasteiger partial charge is 0.125 e. The summed E-state index contributed by atoms with van der Waals surface area (Å²) in [5.74, 6) is 0. The van der Waals surface area contributed by atoms with Crippen LogP contribution in [0.3, 0.4) is 0 Å². The van der Waals surface area contributed by atoms with Crippen molar-refractivity contribution in [2.24, 2.45) is 0 Å². The third-order valence-electron chi connectivity index (χ3n) is 2.55. The van der Waals surface area contributed by atoms with Gasteiger partial charge < -0.3 is 5.32 Å². The van der Waals surface area contributed by atoms with Gasteiger partial charge in [-0.3, -0.25) is 4.98 Å². The predicted molar refractivity (Wildman–Crippen MR) is 79.8 cm³/mol. The molecule has 96 valence electrons. The van der Waals surface area contributed by atoms with E-state index < -0.39 is 0 Å². The molecule has 2 heterocycles. The van der Waals surface area contributed by atoms with Gasteiger partial charge in [0.25, 0.3) is 0 Å². The lowest BCUT2D eigenvalue weighted by atomic mass is 10.2. The van der Waals surface area contributed by atoms with Crippen LogP contribution in [0.15, 0.2) is 22.9 Å². The molecule has 0 aromatic carbocycles. The van der Waals surface area contributed by atoms with E-state index in [1.807, 2.05) is 13.2 Å². The number of aryl methyl sites for hydroxylation is 1. The summed E-state index contributed by atoms with van der Waals surface area (Å²) in [4.78, 5) is 10.3. The topological polar surface area (TPSA) is 37.8 Å². The van der Waals surface area contributed by atoms with Crippen LogP contribution in [0.5, 0.6) is 0 Å². The number of nitrogens with one attached hydrogen (secondary N) is 1. The molecule has 3 nitrogen and oxygen atoms in total. The van der Waals surface area contributed by atoms with Crippen LogP contribution in [0.2, 0.25) is 0 Å². The van der Waals surface area contributed by atoms with Gasteiger partial charge in [0.1, 0.15) is 5.01 Å². The number of halogens is 1. The maximum Gasteiger partial charge on any atom is 0.125 e. The summed E-state index contributed by atoms with van der Waals surface area (Å²) in [5, 5.41) is 4.26. The Morgan fingerprint density at radius 1 is 1.39 bits per heavy atom. The first-order valence-electron chi connectivity index (χ1n) is 5.98. The van der Waals surface area contributed by atoms with Gasteiger partial charge in [-0.05, 0) is 35.5 Å². The third-order valence-corrected chi connectivity index (χ3v) is 4.13. The lowest BCUT2D eigenvalue weighted by molar-refractivity contribution is 0.798. The summed E-state index contributed by atoms with van der Waals surface area (Å²) < 4.78 is 0.988. The molecule has 0 spiro atoms. The van der Waals surface area contributed by atoms with E-state index in [4.69, 9.17) is 4.98 Å². The lowest BCUT2D eigenvalue weighted by Gasteiger charge is -1.98. The van der Waals surface area contributed by atoms with Crippen molar-refractivity contribution in [3.8, 4) is 10.6 Å². The van der Waals surface area contributed by atoms with Gasteiger partial charge in [0.15, 0.2) is 0 Å². The molecule has 0 saturated carbocycles. The number of thiazole rings is 1. The molecule has 0 fully saturated rings. The van der Waals surface area contributed by atoms with Gasteiger partial charge in [0, 0.05) is 33.9 Å². The van der Waals surface area contributed by atoms with Gasteiger partial charge in [-0.15, -0.1) is 11.3 Å². The highest BCUT2D eigenvalue weighted by Crippen LogP contribution is 2.29. The number of pyridine rings is 1. The van der Waals surface area contributed by atoms with Crippen LogP contribution >= 0.6 is 27.3 Å². The van der Waals surface area contributed by atoms with Crippen molar-refractivity contribution in [3.63, 3.8) is 0 Å². The molecule has 0 aliphatic rings. The second kappa shape index (κ2) is 6.41. The molecule has 18 heavy (non-hydrogen) atoms. The highest BCUT2D eigenvalue weighted by Gasteiger charge is 2.11. The molecule has 0 saturated heterocycles. The van der Waals surface area contributed by atoms with Crippen LogP contribution in [0.1, 0.15) is 23.9 Å². The first-order valence-corrected chi connectivity index (χ1v) is 7.59. The van der Waals surface area contributed by atoms with E-state index >= 15 is 0 Å². The second-order valence-electron chi connectivity index (χ2n) is 4.06. The zero-order valence-electron chi connectivity index (χ0n) is 10.5. The molecular weight excluding hydrogens is 310 g/mol. The molecule has 0 bridgehead atoms. The van der Waals surface area contributed by atoms with Crippen molar-refractivity contribution in [2.45, 2.75) is 26.3 Å². The Hall–Kier alpha value is -0.780. The fourth-order valence-corrected chi connectivity index (χ4v) is 3.23. The molecule has 1 N–H and O–H groups in total. The van der Waals surface area contributed by atoms with Gasteiger partial charge in [0.05, 0.1) is 5.69 Å². The van der Waals surface area contributed by atoms with Crippen LogP contribution in [-0.2, 0) is 13.0 Å². The number of nitrogens with zero attached hydrogens (tertiary/aromatic N) is 2. The Balaban J connectivity index is 2.36. The van der Waals surface area contributed by atoms with Crippen molar-refractivity contribution >= 4 is 27.3 Å². The number of hydrogen-bond donors (Lipinski definition) is 1. The molecule has 5 heteroatoms. The quantitative estimate of drug-likeness (QED) is 0.911. The molecule has 0 atom stereocenters. The predicted octanol–water partition coefficient (Wildman–Crippen LogP) is 3.64. The number of aromatic nitrogens is 2. The summed E-state index contributed by atoms with van der Waals surface area (Å²) in [5.41, 5.74) is 2.29. The zero-order chi connectivity index (χ0) is 13.0. The van der Waals surface area contributed by atoms with E-state index in [1.165, 1.54) is 10.6 Å². The van der Waals surface area contributed by atoms with E-state index in [0.717, 1.165) is 34.4 Å². The SMILES string of the molecule is CCCc1nc(-c2cncc(Br)c2)sc1CNC. The van der Waals surface area contributed by atoms with Crippen molar-refractivity contribution < 1.29 is 0 Å². The Morgan fingerprint density at radius 3 is 2.89 bits per heavy atom. The summed E-state index contributed by atoms with van der Waals surface area (Å²) in [6, 6.07) is 2.06. The summed E-state index contributed by atoms with van der Waals surface area (Å²) in [7, 11) is 1.97. The van der Waals surface area contributed by atoms with E-state index in [9.17, 15) is 0 Å². The van der Waals surface area contributed by atoms with Gasteiger partial charge in [0.2, 0.25) is 0 Å². The van der Waals surface area contributed by atoms with Crippen LogP contribution in [0.4, 0.5) is 0 Å². The Morgan fingerprint density at radius 2 is 2.22 bits per heavy atom. The standard InChI is InChI=1S/C13H16BrN3S/c1-3-4-11-12(8-15-2)18-13(17-11)9-5-10(14)7-16-6-9/h5-7,15H,3-4,8H2,1-2H3. The minimum Gasteiger partial charge on any atom is -0.315 e. The lowest BCUT2D eigenvalue weighted by Crippen LogP contribution is -2.05. The van der Waals surface area contributed by atoms with E-state index in [2.05, 4.69) is 39.2 Å². The number of rotatable bonds is 5. The van der Waals surface area contributed by atoms with E-state index in [-0.39, 0.29) is 0 Å². The van der Waals surface area contributed by atoms with Crippen molar-refractivity contribution in [2.75, 3.05) is 7.05 Å². The molecular formula is C13H16BrN3S. The van der Waals surface area contributed by atoms with Crippen LogP contribution < -0.4 is 5.32 Å². The van der Waals surface area contributed by atoms with Gasteiger partial charge in [-0.25, -0.2) is 4.98 Å². The van der Waals surface area contributed by atoms with Crippen molar-refractivity contribution in [3.05, 3.63) is 33.5 Å². The maximum atomic E-state index is 4.75. The fraction of sp³-hybridized carbons (Fsp3) is 0.385. The average molecular weight is 326 g/mol. The first-order chi connectivity index (χ1) is 8.74. The maximum absolute atomic E-state index is 4.75. The fourth-order valence-electron chi connectivity index (χ4n) is 1.77. The van der Waals surface area contributed by atoms with Gasteiger partial charge >= 0.3 is 0 Å². The molecule has 0 unspecified atom stereocenters. The monoisotopic (exact) mass is 325 g/mol. The Labute approximate surface area is 120 Å². The van der Waals surface area contributed by atoms with Crippen LogP contribution in [-0.4, -0.2) is 17.0 Å². The summed E-state index contributed by atoms with van der Waals surface area (Å²) in [6.07, 6.45) is 5.81. The molecule has 0 aliphatic heterocycles. The largest absolute Gasteiger partial charge is 0.315 e. The van der Waals surface area contributed by atoms with Crippen molar-refractivity contribution in [1.82, 2.24) is 15.3 Å². The molecule has 0 radical (unpaired) electrons. The first kappa shape index (κ1) is 13.6. The van der Waals surface area contributed by atoms with Crippen molar-refractivity contribution in [1.29, 1.82) is 0 Å². The number of hydrogen-bond acceptors (Lipinski definition) is 4. The van der Waals surface area contributed by atoms with Gasteiger partial charge in [-0.2, -0.15) is 0 Å². The van der Waals surface area contributed by atoms with Crippen LogP contribution in [0, 0.1) is 0 Å². The highest BCUT2D eigenvalue weighted by atomic mass is 79.9. The second-order valence-corrected chi connectivity index (χ2v) is 6.06. The summed E-state index contributed by atoms with van der Waals surface area (Å²) >= 11 is 5.20. The van der Waals surface area contributed by atoms with Gasteiger partial charge in [-0.1, -0.05) is 13.3 Å². The average Bonchev–Trinajstić information content (AvgIpc) is 2.74. The third kappa shape index (κ3) is 3.16. The highest BCUT2D eigenvalue weighted by molar-refractivity contribution is 9.10. The van der Waals surface area contributed by atoms with E-state index in [1.54, 1.807) is 17.5 Å². The minimum absolute atomic E-state index is 0.883. The molecule has 2 aromatic heterocycles. The molecule has 2 aromatic rings. The minimum atomic E-state index is 0.883. The zero-order valence-corrected chi connectivity index (χ0v) is 12.9. The summed E-state index contributed by atoms with van der Waals surface area (Å²) in [6.45, 7) is 3.07. The molecule has 2 rings (SSSR count).